The third kappa shape index (κ3) is 3.98. The minimum absolute atomic E-state index is 0.177. The Labute approximate surface area is 125 Å². The van der Waals surface area contributed by atoms with Gasteiger partial charge in [0.15, 0.2) is 5.76 Å². The number of furan rings is 1. The Bertz CT molecular complexity index is 603. The van der Waals surface area contributed by atoms with Crippen LogP contribution in [-0.4, -0.2) is 37.0 Å². The summed E-state index contributed by atoms with van der Waals surface area (Å²) in [7, 11) is 0. The number of nitrogen functional groups attached to an aromatic ring is 1. The van der Waals surface area contributed by atoms with Crippen molar-refractivity contribution in [3.05, 3.63) is 30.0 Å². The van der Waals surface area contributed by atoms with Crippen LogP contribution >= 0.6 is 0 Å². The number of benzene rings is 1. The summed E-state index contributed by atoms with van der Waals surface area (Å²) in [4.78, 5) is 14.4. The van der Waals surface area contributed by atoms with Gasteiger partial charge in [0, 0.05) is 17.6 Å². The summed E-state index contributed by atoms with van der Waals surface area (Å²) < 4.78 is 5.53. The van der Waals surface area contributed by atoms with Gasteiger partial charge in [-0.25, -0.2) is 0 Å². The quantitative estimate of drug-likeness (QED) is 0.607. The number of hydrogen-bond donors (Lipinski definition) is 2. The molecule has 0 aliphatic rings. The normalized spacial score (nSPS) is 11.2. The van der Waals surface area contributed by atoms with E-state index in [2.05, 4.69) is 24.1 Å². The monoisotopic (exact) mass is 289 g/mol. The SMILES string of the molecule is CCN(CC)CCCNC(=O)c1cc2cc(N)ccc2o1. The first-order valence-electron chi connectivity index (χ1n) is 7.43. The molecule has 2 rings (SSSR count). The molecule has 1 heterocycles. The van der Waals surface area contributed by atoms with E-state index in [1.807, 2.05) is 0 Å². The highest BCUT2D eigenvalue weighted by molar-refractivity contribution is 5.96. The van der Waals surface area contributed by atoms with Gasteiger partial charge in [-0.05, 0) is 50.3 Å². The van der Waals surface area contributed by atoms with Crippen molar-refractivity contribution < 1.29 is 9.21 Å². The van der Waals surface area contributed by atoms with Crippen LogP contribution in [0.2, 0.25) is 0 Å². The molecule has 2 aromatic rings. The van der Waals surface area contributed by atoms with Crippen molar-refractivity contribution in [2.75, 3.05) is 31.9 Å². The average molecular weight is 289 g/mol. The van der Waals surface area contributed by atoms with Gasteiger partial charge in [-0.3, -0.25) is 4.79 Å². The van der Waals surface area contributed by atoms with Crippen LogP contribution in [0.4, 0.5) is 5.69 Å². The van der Waals surface area contributed by atoms with Crippen LogP contribution in [0.5, 0.6) is 0 Å². The number of fused-ring (bicyclic) bond motifs is 1. The topological polar surface area (TPSA) is 71.5 Å². The van der Waals surface area contributed by atoms with Crippen molar-refractivity contribution in [2.24, 2.45) is 0 Å². The summed E-state index contributed by atoms with van der Waals surface area (Å²) in [5, 5.41) is 3.74. The highest BCUT2D eigenvalue weighted by atomic mass is 16.3. The van der Waals surface area contributed by atoms with Crippen LogP contribution in [0.1, 0.15) is 30.8 Å². The van der Waals surface area contributed by atoms with Crippen LogP contribution in [0.15, 0.2) is 28.7 Å². The molecule has 1 amide bonds. The number of amides is 1. The number of rotatable bonds is 7. The van der Waals surface area contributed by atoms with Crippen LogP contribution < -0.4 is 11.1 Å². The van der Waals surface area contributed by atoms with Gasteiger partial charge in [0.25, 0.3) is 5.91 Å². The lowest BCUT2D eigenvalue weighted by atomic mass is 10.2. The second kappa shape index (κ2) is 7.13. The van der Waals surface area contributed by atoms with Crippen molar-refractivity contribution >= 4 is 22.6 Å². The predicted octanol–water partition coefficient (Wildman–Crippen LogP) is 2.48. The molecular weight excluding hydrogens is 266 g/mol. The van der Waals surface area contributed by atoms with E-state index >= 15 is 0 Å². The Balaban J connectivity index is 1.87. The van der Waals surface area contributed by atoms with Gasteiger partial charge < -0.3 is 20.4 Å². The minimum Gasteiger partial charge on any atom is -0.451 e. The smallest absolute Gasteiger partial charge is 0.287 e. The maximum Gasteiger partial charge on any atom is 0.287 e. The summed E-state index contributed by atoms with van der Waals surface area (Å²) >= 11 is 0. The first-order chi connectivity index (χ1) is 10.1. The van der Waals surface area contributed by atoms with Crippen molar-refractivity contribution in [3.8, 4) is 0 Å². The zero-order valence-corrected chi connectivity index (χ0v) is 12.7. The molecule has 0 aliphatic carbocycles. The average Bonchev–Trinajstić information content (AvgIpc) is 2.90. The molecule has 0 saturated heterocycles. The molecule has 0 spiro atoms. The molecule has 5 nitrogen and oxygen atoms in total. The molecule has 0 unspecified atom stereocenters. The molecule has 0 radical (unpaired) electrons. The van der Waals surface area contributed by atoms with Crippen LogP contribution in [0, 0.1) is 0 Å². The van der Waals surface area contributed by atoms with Gasteiger partial charge in [-0.2, -0.15) is 0 Å². The second-order valence-corrected chi connectivity index (χ2v) is 5.04. The molecule has 114 valence electrons. The molecule has 3 N–H and O–H groups in total. The third-order valence-corrected chi connectivity index (χ3v) is 3.60. The van der Waals surface area contributed by atoms with Crippen molar-refractivity contribution in [2.45, 2.75) is 20.3 Å². The Morgan fingerprint density at radius 1 is 1.29 bits per heavy atom. The van der Waals surface area contributed by atoms with Crippen molar-refractivity contribution in [1.29, 1.82) is 0 Å². The summed E-state index contributed by atoms with van der Waals surface area (Å²) in [6, 6.07) is 7.07. The fourth-order valence-electron chi connectivity index (χ4n) is 2.31. The van der Waals surface area contributed by atoms with E-state index in [4.69, 9.17) is 10.2 Å². The van der Waals surface area contributed by atoms with Crippen molar-refractivity contribution in [1.82, 2.24) is 10.2 Å². The van der Waals surface area contributed by atoms with E-state index in [1.54, 1.807) is 24.3 Å². The van der Waals surface area contributed by atoms with E-state index in [0.29, 0.717) is 23.6 Å². The van der Waals surface area contributed by atoms with E-state index in [9.17, 15) is 4.79 Å². The number of carbonyl (C=O) groups is 1. The number of nitrogens with one attached hydrogen (secondary N) is 1. The van der Waals surface area contributed by atoms with E-state index in [-0.39, 0.29) is 5.91 Å². The summed E-state index contributed by atoms with van der Waals surface area (Å²) in [5.41, 5.74) is 7.06. The Kier molecular flexibility index (Phi) is 5.22. The third-order valence-electron chi connectivity index (χ3n) is 3.60. The lowest BCUT2D eigenvalue weighted by Crippen LogP contribution is -2.29. The van der Waals surface area contributed by atoms with Crippen molar-refractivity contribution in [3.63, 3.8) is 0 Å². The number of hydrogen-bond acceptors (Lipinski definition) is 4. The molecular formula is C16H23N3O2. The molecule has 21 heavy (non-hydrogen) atoms. The van der Waals surface area contributed by atoms with E-state index < -0.39 is 0 Å². The molecule has 0 saturated carbocycles. The molecule has 0 aliphatic heterocycles. The van der Waals surface area contributed by atoms with Gasteiger partial charge in [0.1, 0.15) is 5.58 Å². The number of carbonyl (C=O) groups excluding carboxylic acids is 1. The predicted molar refractivity (Wildman–Crippen MR) is 85.4 cm³/mol. The zero-order valence-electron chi connectivity index (χ0n) is 12.7. The van der Waals surface area contributed by atoms with Gasteiger partial charge in [0.05, 0.1) is 0 Å². The number of nitrogens with two attached hydrogens (primary N) is 1. The van der Waals surface area contributed by atoms with Crippen LogP contribution in [-0.2, 0) is 0 Å². The number of anilines is 1. The Hall–Kier alpha value is -2.01. The molecule has 0 atom stereocenters. The van der Waals surface area contributed by atoms with E-state index in [0.717, 1.165) is 31.4 Å². The standard InChI is InChI=1S/C16H23N3O2/c1-3-19(4-2)9-5-8-18-16(20)15-11-12-10-13(17)6-7-14(12)21-15/h6-7,10-11H,3-5,8-9,17H2,1-2H3,(H,18,20). The van der Waals surface area contributed by atoms with Gasteiger partial charge in [0.2, 0.25) is 0 Å². The van der Waals surface area contributed by atoms with Crippen LogP contribution in [0.3, 0.4) is 0 Å². The Morgan fingerprint density at radius 2 is 2.05 bits per heavy atom. The largest absolute Gasteiger partial charge is 0.451 e. The van der Waals surface area contributed by atoms with Gasteiger partial charge in [-0.15, -0.1) is 0 Å². The molecule has 1 aromatic carbocycles. The van der Waals surface area contributed by atoms with Gasteiger partial charge >= 0.3 is 0 Å². The summed E-state index contributed by atoms with van der Waals surface area (Å²) in [6.45, 7) is 7.99. The molecule has 0 bridgehead atoms. The molecule has 0 fully saturated rings. The maximum absolute atomic E-state index is 12.0. The highest BCUT2D eigenvalue weighted by Crippen LogP contribution is 2.21. The fraction of sp³-hybridized carbons (Fsp3) is 0.438. The highest BCUT2D eigenvalue weighted by Gasteiger charge is 2.11. The maximum atomic E-state index is 12.0. The lowest BCUT2D eigenvalue weighted by Gasteiger charge is -2.17. The first-order valence-corrected chi connectivity index (χ1v) is 7.43. The van der Waals surface area contributed by atoms with Gasteiger partial charge in [-0.1, -0.05) is 13.8 Å². The molecule has 5 heteroatoms. The second-order valence-electron chi connectivity index (χ2n) is 5.04. The van der Waals surface area contributed by atoms with Crippen LogP contribution in [0.25, 0.3) is 11.0 Å². The fourth-order valence-corrected chi connectivity index (χ4v) is 2.31. The lowest BCUT2D eigenvalue weighted by molar-refractivity contribution is 0.0926. The Morgan fingerprint density at radius 3 is 2.76 bits per heavy atom. The zero-order chi connectivity index (χ0) is 15.2. The summed E-state index contributed by atoms with van der Waals surface area (Å²) in [5.74, 6) is 0.155. The first kappa shape index (κ1) is 15.4. The van der Waals surface area contributed by atoms with E-state index in [1.165, 1.54) is 0 Å². The minimum atomic E-state index is -0.177. The summed E-state index contributed by atoms with van der Waals surface area (Å²) in [6.07, 6.45) is 0.931. The molecule has 1 aromatic heterocycles. The number of nitrogens with zero attached hydrogens (tertiary/aromatic N) is 1.